The summed E-state index contributed by atoms with van der Waals surface area (Å²) in [5.41, 5.74) is 2.08. The molecule has 0 amide bonds. The van der Waals surface area contributed by atoms with E-state index in [1.165, 1.54) is 0 Å². The third kappa shape index (κ3) is 6.65. The molecule has 1 atom stereocenters. The van der Waals surface area contributed by atoms with Crippen molar-refractivity contribution >= 4 is 5.78 Å². The van der Waals surface area contributed by atoms with Crippen LogP contribution < -0.4 is 0 Å². The SMILES string of the molecule is CC(C)OC(C)C.Cc1ccccc1C(=O)C(O)c1ccccc1. The molecule has 24 heavy (non-hydrogen) atoms. The van der Waals surface area contributed by atoms with Crippen molar-refractivity contribution in [2.75, 3.05) is 0 Å². The van der Waals surface area contributed by atoms with Crippen LogP contribution in [0.3, 0.4) is 0 Å². The van der Waals surface area contributed by atoms with Gasteiger partial charge in [0.2, 0.25) is 0 Å². The lowest BCUT2D eigenvalue weighted by Crippen LogP contribution is -2.13. The molecule has 2 aromatic rings. The molecular weight excluding hydrogens is 300 g/mol. The zero-order valence-electron chi connectivity index (χ0n) is 15.2. The Balaban J connectivity index is 0.000000351. The fourth-order valence-corrected chi connectivity index (χ4v) is 2.33. The summed E-state index contributed by atoms with van der Waals surface area (Å²) in [7, 11) is 0. The molecular formula is C21H28O3. The Kier molecular flexibility index (Phi) is 8.37. The summed E-state index contributed by atoms with van der Waals surface area (Å²) in [6, 6.07) is 16.3. The second-order valence-corrected chi connectivity index (χ2v) is 6.23. The number of ether oxygens (including phenoxy) is 1. The van der Waals surface area contributed by atoms with Crippen LogP contribution in [0.2, 0.25) is 0 Å². The number of Topliss-reactive ketones (excluding diaryl/α,β-unsaturated/α-hetero) is 1. The number of aliphatic hydroxyl groups is 1. The number of carbonyl (C=O) groups is 1. The molecule has 0 saturated carbocycles. The standard InChI is InChI=1S/C15H14O2.C6H14O/c1-11-7-5-6-10-13(11)15(17)14(16)12-8-3-2-4-9-12;1-5(2)7-6(3)4/h2-10,14,16H,1H3;5-6H,1-4H3. The normalized spacial score (nSPS) is 11.8. The highest BCUT2D eigenvalue weighted by Crippen LogP contribution is 2.20. The van der Waals surface area contributed by atoms with Crippen molar-refractivity contribution in [1.29, 1.82) is 0 Å². The molecule has 3 heteroatoms. The predicted molar refractivity (Wildman–Crippen MR) is 98.3 cm³/mol. The maximum absolute atomic E-state index is 12.1. The molecule has 1 unspecified atom stereocenters. The average molecular weight is 328 g/mol. The molecule has 0 aliphatic heterocycles. The molecule has 2 rings (SSSR count). The van der Waals surface area contributed by atoms with Gasteiger partial charge in [-0.1, -0.05) is 54.6 Å². The van der Waals surface area contributed by atoms with Crippen molar-refractivity contribution in [3.05, 3.63) is 71.3 Å². The molecule has 0 saturated heterocycles. The van der Waals surface area contributed by atoms with E-state index in [1.807, 2.05) is 65.0 Å². The first-order valence-electron chi connectivity index (χ1n) is 8.31. The number of ketones is 1. The van der Waals surface area contributed by atoms with Crippen molar-refractivity contribution in [3.63, 3.8) is 0 Å². The van der Waals surface area contributed by atoms with Crippen LogP contribution in [0.5, 0.6) is 0 Å². The van der Waals surface area contributed by atoms with Gasteiger partial charge in [0.25, 0.3) is 0 Å². The van der Waals surface area contributed by atoms with E-state index in [0.29, 0.717) is 23.3 Å². The molecule has 2 aromatic carbocycles. The smallest absolute Gasteiger partial charge is 0.196 e. The maximum atomic E-state index is 12.1. The zero-order chi connectivity index (χ0) is 18.1. The average Bonchev–Trinajstić information content (AvgIpc) is 2.54. The minimum absolute atomic E-state index is 0.255. The van der Waals surface area contributed by atoms with Crippen LogP contribution in [0.25, 0.3) is 0 Å². The number of rotatable bonds is 5. The van der Waals surface area contributed by atoms with Gasteiger partial charge in [0.05, 0.1) is 12.2 Å². The van der Waals surface area contributed by atoms with Crippen molar-refractivity contribution < 1.29 is 14.6 Å². The van der Waals surface area contributed by atoms with Gasteiger partial charge < -0.3 is 9.84 Å². The van der Waals surface area contributed by atoms with Crippen LogP contribution in [0.1, 0.15) is 55.3 Å². The molecule has 0 spiro atoms. The first kappa shape index (κ1) is 20.1. The highest BCUT2D eigenvalue weighted by Gasteiger charge is 2.19. The third-order valence-electron chi connectivity index (χ3n) is 3.32. The topological polar surface area (TPSA) is 46.5 Å². The number of hydrogen-bond donors (Lipinski definition) is 1. The fourth-order valence-electron chi connectivity index (χ4n) is 2.33. The second-order valence-electron chi connectivity index (χ2n) is 6.23. The highest BCUT2D eigenvalue weighted by molar-refractivity contribution is 6.01. The van der Waals surface area contributed by atoms with E-state index in [1.54, 1.807) is 24.3 Å². The predicted octanol–water partition coefficient (Wildman–Crippen LogP) is 4.73. The van der Waals surface area contributed by atoms with E-state index in [9.17, 15) is 9.90 Å². The van der Waals surface area contributed by atoms with E-state index >= 15 is 0 Å². The molecule has 1 N–H and O–H groups in total. The first-order valence-corrected chi connectivity index (χ1v) is 8.31. The summed E-state index contributed by atoms with van der Waals surface area (Å²) in [5, 5.41) is 10.0. The van der Waals surface area contributed by atoms with E-state index in [0.717, 1.165) is 5.56 Å². The minimum Gasteiger partial charge on any atom is -0.380 e. The summed E-state index contributed by atoms with van der Waals surface area (Å²) < 4.78 is 5.25. The van der Waals surface area contributed by atoms with Gasteiger partial charge in [-0.25, -0.2) is 0 Å². The van der Waals surface area contributed by atoms with E-state index in [4.69, 9.17) is 4.74 Å². The van der Waals surface area contributed by atoms with Gasteiger partial charge in [-0.3, -0.25) is 4.79 Å². The van der Waals surface area contributed by atoms with E-state index in [-0.39, 0.29) is 5.78 Å². The second kappa shape index (κ2) is 10.0. The Morgan fingerprint density at radius 3 is 1.83 bits per heavy atom. The number of aliphatic hydroxyl groups excluding tert-OH is 1. The number of benzene rings is 2. The summed E-state index contributed by atoms with van der Waals surface area (Å²) >= 11 is 0. The fraction of sp³-hybridized carbons (Fsp3) is 0.381. The Morgan fingerprint density at radius 1 is 0.875 bits per heavy atom. The molecule has 0 fully saturated rings. The Morgan fingerprint density at radius 2 is 1.38 bits per heavy atom. The molecule has 0 bridgehead atoms. The van der Waals surface area contributed by atoms with Gasteiger partial charge >= 0.3 is 0 Å². The van der Waals surface area contributed by atoms with Crippen LogP contribution in [0, 0.1) is 6.92 Å². The van der Waals surface area contributed by atoms with Gasteiger partial charge in [-0.05, 0) is 45.7 Å². The van der Waals surface area contributed by atoms with Crippen LogP contribution in [-0.4, -0.2) is 23.1 Å². The summed E-state index contributed by atoms with van der Waals surface area (Å²) in [6.07, 6.45) is -0.336. The summed E-state index contributed by atoms with van der Waals surface area (Å²) in [5.74, 6) is -0.255. The van der Waals surface area contributed by atoms with Gasteiger partial charge in [-0.2, -0.15) is 0 Å². The summed E-state index contributed by atoms with van der Waals surface area (Å²) in [6.45, 7) is 10.0. The maximum Gasteiger partial charge on any atom is 0.196 e. The van der Waals surface area contributed by atoms with Crippen LogP contribution in [0.15, 0.2) is 54.6 Å². The highest BCUT2D eigenvalue weighted by atomic mass is 16.5. The van der Waals surface area contributed by atoms with Crippen LogP contribution >= 0.6 is 0 Å². The Labute approximate surface area is 145 Å². The third-order valence-corrected chi connectivity index (χ3v) is 3.32. The van der Waals surface area contributed by atoms with Crippen LogP contribution in [-0.2, 0) is 4.74 Å². The molecule has 130 valence electrons. The van der Waals surface area contributed by atoms with Gasteiger partial charge in [-0.15, -0.1) is 0 Å². The Hall–Kier alpha value is -1.97. The van der Waals surface area contributed by atoms with Crippen molar-refractivity contribution in [2.45, 2.75) is 52.9 Å². The van der Waals surface area contributed by atoms with E-state index in [2.05, 4.69) is 0 Å². The first-order chi connectivity index (χ1) is 11.3. The lowest BCUT2D eigenvalue weighted by atomic mass is 9.97. The molecule has 0 heterocycles. The number of carbonyl (C=O) groups excluding carboxylic acids is 1. The quantitative estimate of drug-likeness (QED) is 0.807. The number of aryl methyl sites for hydroxylation is 1. The molecule has 0 aliphatic carbocycles. The Bertz CT molecular complexity index is 612. The molecule has 0 radical (unpaired) electrons. The van der Waals surface area contributed by atoms with Crippen molar-refractivity contribution in [3.8, 4) is 0 Å². The number of hydrogen-bond acceptors (Lipinski definition) is 3. The zero-order valence-corrected chi connectivity index (χ0v) is 15.2. The van der Waals surface area contributed by atoms with Gasteiger partial charge in [0, 0.05) is 5.56 Å². The largest absolute Gasteiger partial charge is 0.380 e. The van der Waals surface area contributed by atoms with Crippen LogP contribution in [0.4, 0.5) is 0 Å². The van der Waals surface area contributed by atoms with Crippen molar-refractivity contribution in [2.24, 2.45) is 0 Å². The summed E-state index contributed by atoms with van der Waals surface area (Å²) in [4.78, 5) is 12.1. The van der Waals surface area contributed by atoms with Gasteiger partial charge in [0.1, 0.15) is 6.10 Å². The van der Waals surface area contributed by atoms with E-state index < -0.39 is 6.10 Å². The van der Waals surface area contributed by atoms with Gasteiger partial charge in [0.15, 0.2) is 5.78 Å². The molecule has 0 aliphatic rings. The van der Waals surface area contributed by atoms with Crippen molar-refractivity contribution in [1.82, 2.24) is 0 Å². The lowest BCUT2D eigenvalue weighted by Gasteiger charge is -2.11. The lowest BCUT2D eigenvalue weighted by molar-refractivity contribution is 0.0300. The minimum atomic E-state index is -1.09. The monoisotopic (exact) mass is 328 g/mol. The molecule has 3 nitrogen and oxygen atoms in total. The molecule has 0 aromatic heterocycles.